The number of hydrogen-bond acceptors (Lipinski definition) is 8. The summed E-state index contributed by atoms with van der Waals surface area (Å²) in [5, 5.41) is 33.7. The Morgan fingerprint density at radius 1 is 0.895 bits per heavy atom. The molecule has 4 unspecified atom stereocenters. The van der Waals surface area contributed by atoms with Crippen molar-refractivity contribution in [3.63, 3.8) is 0 Å². The molecule has 1 heterocycles. The van der Waals surface area contributed by atoms with Gasteiger partial charge in [0.25, 0.3) is 0 Å². The normalized spacial score (nSPS) is 17.3. The fourth-order valence-corrected chi connectivity index (χ4v) is 4.54. The van der Waals surface area contributed by atoms with Gasteiger partial charge in [-0.25, -0.2) is 4.79 Å². The number of phenols is 2. The van der Waals surface area contributed by atoms with Gasteiger partial charge in [-0.15, -0.1) is 0 Å². The zero-order valence-corrected chi connectivity index (χ0v) is 21.5. The summed E-state index contributed by atoms with van der Waals surface area (Å²) in [4.78, 5) is 52.1. The Labute approximate surface area is 225 Å². The number of amides is 3. The van der Waals surface area contributed by atoms with Gasteiger partial charge in [0.05, 0.1) is 6.04 Å². The van der Waals surface area contributed by atoms with E-state index in [0.29, 0.717) is 18.4 Å². The molecule has 204 valence electrons. The molecule has 0 aromatic heterocycles. The molecule has 3 rings (SSSR count). The fourth-order valence-electron chi connectivity index (χ4n) is 4.28. The van der Waals surface area contributed by atoms with E-state index in [0.717, 1.165) is 5.56 Å². The van der Waals surface area contributed by atoms with Crippen LogP contribution in [0.25, 0.3) is 0 Å². The Morgan fingerprint density at radius 3 is 1.95 bits per heavy atom. The lowest BCUT2D eigenvalue weighted by molar-refractivity contribution is -0.149. The fraction of sp³-hybridized carbons (Fsp3) is 0.385. The molecule has 1 fully saturated rings. The van der Waals surface area contributed by atoms with Crippen LogP contribution in [-0.4, -0.2) is 80.4 Å². The van der Waals surface area contributed by atoms with Crippen molar-refractivity contribution in [1.29, 1.82) is 0 Å². The molecule has 11 nitrogen and oxygen atoms in total. The molecule has 1 aliphatic heterocycles. The van der Waals surface area contributed by atoms with Crippen molar-refractivity contribution in [3.05, 3.63) is 59.7 Å². The number of likely N-dealkylation sites (tertiary alicyclic amines) is 1. The molecule has 0 bridgehead atoms. The van der Waals surface area contributed by atoms with Gasteiger partial charge in [0, 0.05) is 18.7 Å². The maximum Gasteiger partial charge on any atom is 0.326 e. The summed E-state index contributed by atoms with van der Waals surface area (Å²) >= 11 is 4.18. The molecule has 0 aliphatic carbocycles. The number of carboxylic acids is 1. The smallest absolute Gasteiger partial charge is 0.326 e. The van der Waals surface area contributed by atoms with Crippen LogP contribution in [0.4, 0.5) is 0 Å². The van der Waals surface area contributed by atoms with Crippen LogP contribution in [0.15, 0.2) is 48.5 Å². The molecular formula is C26H32N4O7S. The van der Waals surface area contributed by atoms with Gasteiger partial charge in [-0.2, -0.15) is 12.6 Å². The largest absolute Gasteiger partial charge is 0.508 e. The number of rotatable bonds is 11. The van der Waals surface area contributed by atoms with Crippen LogP contribution in [-0.2, 0) is 32.0 Å². The molecule has 12 heteroatoms. The summed E-state index contributed by atoms with van der Waals surface area (Å²) in [6.45, 7) is 0.247. The monoisotopic (exact) mass is 544 g/mol. The number of benzene rings is 2. The molecule has 4 atom stereocenters. The van der Waals surface area contributed by atoms with Crippen molar-refractivity contribution < 1.29 is 34.5 Å². The van der Waals surface area contributed by atoms with Crippen LogP contribution in [0.1, 0.15) is 24.0 Å². The summed E-state index contributed by atoms with van der Waals surface area (Å²) in [5.41, 5.74) is 7.36. The molecule has 1 aliphatic rings. The van der Waals surface area contributed by atoms with Crippen molar-refractivity contribution in [2.75, 3.05) is 12.3 Å². The zero-order chi connectivity index (χ0) is 27.8. The Bertz CT molecular complexity index is 1140. The molecule has 2 aromatic rings. The number of carbonyl (C=O) groups is 4. The Hall–Kier alpha value is -3.77. The first-order valence-electron chi connectivity index (χ1n) is 12.1. The topological polar surface area (TPSA) is 182 Å². The van der Waals surface area contributed by atoms with Gasteiger partial charge in [0.1, 0.15) is 29.6 Å². The van der Waals surface area contributed by atoms with E-state index in [1.165, 1.54) is 29.2 Å². The van der Waals surface area contributed by atoms with E-state index >= 15 is 0 Å². The second kappa shape index (κ2) is 13.2. The van der Waals surface area contributed by atoms with Crippen LogP contribution in [0.5, 0.6) is 11.5 Å². The Morgan fingerprint density at radius 2 is 1.42 bits per heavy atom. The van der Waals surface area contributed by atoms with Crippen LogP contribution >= 0.6 is 12.6 Å². The number of nitrogens with two attached hydrogens (primary N) is 1. The van der Waals surface area contributed by atoms with Crippen LogP contribution in [0.2, 0.25) is 0 Å². The highest BCUT2D eigenvalue weighted by Crippen LogP contribution is 2.20. The number of phenolic OH excluding ortho intramolecular Hbond substituents is 2. The summed E-state index contributed by atoms with van der Waals surface area (Å²) in [7, 11) is 0. The van der Waals surface area contributed by atoms with Gasteiger partial charge in [-0.05, 0) is 54.7 Å². The quantitative estimate of drug-likeness (QED) is 0.196. The molecule has 1 saturated heterocycles. The number of carboxylic acid groups (broad SMARTS) is 1. The van der Waals surface area contributed by atoms with Gasteiger partial charge in [0.15, 0.2) is 0 Å². The number of aromatic hydroxyl groups is 2. The number of hydrogen-bond donors (Lipinski definition) is 7. The van der Waals surface area contributed by atoms with Gasteiger partial charge >= 0.3 is 5.97 Å². The average molecular weight is 545 g/mol. The molecule has 0 spiro atoms. The summed E-state index contributed by atoms with van der Waals surface area (Å²) in [6.07, 6.45) is 1.05. The van der Waals surface area contributed by atoms with E-state index in [2.05, 4.69) is 23.3 Å². The minimum Gasteiger partial charge on any atom is -0.508 e. The van der Waals surface area contributed by atoms with Crippen LogP contribution < -0.4 is 16.4 Å². The second-order valence-corrected chi connectivity index (χ2v) is 9.55. The Kier molecular flexibility index (Phi) is 9.97. The summed E-state index contributed by atoms with van der Waals surface area (Å²) in [6, 6.07) is 8.11. The molecule has 2 aromatic carbocycles. The SMILES string of the molecule is NC(Cc1ccc(O)cc1)C(=O)NC(CS)C(=O)NC(Cc1ccc(O)cc1)C(=O)N1CCCC1C(=O)O. The van der Waals surface area contributed by atoms with Gasteiger partial charge in [-0.1, -0.05) is 24.3 Å². The third kappa shape index (κ3) is 7.62. The van der Waals surface area contributed by atoms with Crippen molar-refractivity contribution in [2.45, 2.75) is 49.9 Å². The molecule has 0 saturated carbocycles. The van der Waals surface area contributed by atoms with Gasteiger partial charge in [-0.3, -0.25) is 14.4 Å². The molecule has 3 amide bonds. The van der Waals surface area contributed by atoms with E-state index in [4.69, 9.17) is 5.73 Å². The minimum atomic E-state index is -1.12. The molecule has 7 N–H and O–H groups in total. The highest BCUT2D eigenvalue weighted by molar-refractivity contribution is 7.80. The second-order valence-electron chi connectivity index (χ2n) is 9.18. The number of nitrogens with zero attached hydrogens (tertiary/aromatic N) is 1. The first-order valence-corrected chi connectivity index (χ1v) is 12.8. The number of aliphatic carboxylic acids is 1. The first kappa shape index (κ1) is 28.8. The van der Waals surface area contributed by atoms with E-state index in [9.17, 15) is 34.5 Å². The number of nitrogens with one attached hydrogen (secondary N) is 2. The minimum absolute atomic E-state index is 0.0349. The first-order chi connectivity index (χ1) is 18.1. The maximum absolute atomic E-state index is 13.4. The lowest BCUT2D eigenvalue weighted by Crippen LogP contribution is -2.58. The van der Waals surface area contributed by atoms with Crippen LogP contribution in [0.3, 0.4) is 0 Å². The third-order valence-electron chi connectivity index (χ3n) is 6.36. The third-order valence-corrected chi connectivity index (χ3v) is 6.72. The van der Waals surface area contributed by atoms with E-state index < -0.39 is 47.9 Å². The predicted molar refractivity (Wildman–Crippen MR) is 142 cm³/mol. The van der Waals surface area contributed by atoms with E-state index in [1.807, 2.05) is 0 Å². The molecule has 38 heavy (non-hydrogen) atoms. The lowest BCUT2D eigenvalue weighted by atomic mass is 10.0. The summed E-state index contributed by atoms with van der Waals surface area (Å²) < 4.78 is 0. The molecule has 0 radical (unpaired) electrons. The number of thiol groups is 1. The van der Waals surface area contributed by atoms with Gasteiger partial charge < -0.3 is 36.6 Å². The van der Waals surface area contributed by atoms with Crippen molar-refractivity contribution in [1.82, 2.24) is 15.5 Å². The van der Waals surface area contributed by atoms with E-state index in [-0.39, 0.29) is 36.6 Å². The average Bonchev–Trinajstić information content (AvgIpc) is 3.39. The summed E-state index contributed by atoms with van der Waals surface area (Å²) in [5.74, 6) is -2.90. The van der Waals surface area contributed by atoms with Crippen molar-refractivity contribution in [2.24, 2.45) is 5.73 Å². The standard InChI is InChI=1S/C26H32N4O7S/c27-19(12-15-3-7-17(31)8-4-15)23(33)29-21(14-38)24(34)28-20(13-16-5-9-18(32)10-6-16)25(35)30-11-1-2-22(30)26(36)37/h3-10,19-22,31-32,38H,1-2,11-14,27H2,(H,28,34)(H,29,33)(H,36,37). The zero-order valence-electron chi connectivity index (χ0n) is 20.6. The number of carbonyl (C=O) groups excluding carboxylic acids is 3. The highest BCUT2D eigenvalue weighted by atomic mass is 32.1. The van der Waals surface area contributed by atoms with Crippen LogP contribution in [0, 0.1) is 0 Å². The predicted octanol–water partition coefficient (Wildman–Crippen LogP) is 0.185. The highest BCUT2D eigenvalue weighted by Gasteiger charge is 2.38. The molecular weight excluding hydrogens is 512 g/mol. The Balaban J connectivity index is 1.71. The van der Waals surface area contributed by atoms with Crippen molar-refractivity contribution >= 4 is 36.3 Å². The lowest BCUT2D eigenvalue weighted by Gasteiger charge is -2.29. The van der Waals surface area contributed by atoms with Crippen molar-refractivity contribution in [3.8, 4) is 11.5 Å². The van der Waals surface area contributed by atoms with Gasteiger partial charge in [0.2, 0.25) is 17.7 Å². The maximum atomic E-state index is 13.4. The van der Waals surface area contributed by atoms with E-state index in [1.54, 1.807) is 24.3 Å².